The molecule has 0 saturated carbocycles. The molecule has 3 rings (SSSR count). The summed E-state index contributed by atoms with van der Waals surface area (Å²) >= 11 is 5.40. The fourth-order valence-corrected chi connectivity index (χ4v) is 3.76. The molecule has 186 valence electrons. The molecule has 0 aromatic heterocycles. The van der Waals surface area contributed by atoms with Gasteiger partial charge in [0.2, 0.25) is 0 Å². The van der Waals surface area contributed by atoms with Crippen molar-refractivity contribution in [1.82, 2.24) is 0 Å². The van der Waals surface area contributed by atoms with Crippen LogP contribution in [0.5, 0.6) is 17.2 Å². The van der Waals surface area contributed by atoms with E-state index in [-0.39, 0.29) is 29.4 Å². The maximum absolute atomic E-state index is 14.8. The standard InChI is InChI=1S/C29H27F2NO3S/c1-5-34-28-25(26(30)15-16-27(28)31)18-21(17-19(2)3)29(33)32(20(4)36)22-11-13-24(14-12-22)35-23-9-7-6-8-10-23/h6-7,9,11-16,18-19H,5,17H2,1-4H3/b21-18+. The summed E-state index contributed by atoms with van der Waals surface area (Å²) in [5, 5.41) is 0. The first-order valence-electron chi connectivity index (χ1n) is 11.5. The molecule has 0 heterocycles. The molecule has 4 nitrogen and oxygen atoms in total. The number of hydrogen-bond acceptors (Lipinski definition) is 4. The number of halogens is 2. The molecule has 3 aromatic rings. The molecule has 0 aliphatic carbocycles. The minimum Gasteiger partial charge on any atom is -0.490 e. The Hall–Kier alpha value is -3.76. The Morgan fingerprint density at radius 2 is 1.81 bits per heavy atom. The van der Waals surface area contributed by atoms with E-state index in [1.807, 2.05) is 13.8 Å². The van der Waals surface area contributed by atoms with Crippen LogP contribution >= 0.6 is 12.2 Å². The van der Waals surface area contributed by atoms with Gasteiger partial charge >= 0.3 is 0 Å². The van der Waals surface area contributed by atoms with Gasteiger partial charge in [-0.25, -0.2) is 8.78 Å². The molecule has 0 radical (unpaired) electrons. The lowest BCUT2D eigenvalue weighted by molar-refractivity contribution is -0.114. The number of thiocarbonyl (C=S) groups is 1. The van der Waals surface area contributed by atoms with Gasteiger partial charge in [0.05, 0.1) is 17.2 Å². The number of nitrogens with zero attached hydrogens (tertiary/aromatic N) is 1. The summed E-state index contributed by atoms with van der Waals surface area (Å²) < 4.78 is 40.3. The van der Waals surface area contributed by atoms with Crippen LogP contribution in [-0.4, -0.2) is 17.5 Å². The fraction of sp³-hybridized carbons (Fsp3) is 0.241. The normalized spacial score (nSPS) is 11.1. The van der Waals surface area contributed by atoms with Crippen LogP contribution in [0.2, 0.25) is 0 Å². The highest BCUT2D eigenvalue weighted by molar-refractivity contribution is 7.80. The van der Waals surface area contributed by atoms with Crippen molar-refractivity contribution >= 4 is 34.9 Å². The number of anilines is 1. The zero-order chi connectivity index (χ0) is 26.2. The van der Waals surface area contributed by atoms with Crippen molar-refractivity contribution < 1.29 is 23.0 Å². The molecule has 0 fully saturated rings. The largest absolute Gasteiger partial charge is 0.490 e. The molecule has 0 saturated heterocycles. The van der Waals surface area contributed by atoms with Crippen LogP contribution in [0, 0.1) is 29.7 Å². The Kier molecular flexibility index (Phi) is 9.15. The first-order chi connectivity index (χ1) is 17.2. The average Bonchev–Trinajstić information content (AvgIpc) is 2.84. The minimum atomic E-state index is -0.701. The maximum Gasteiger partial charge on any atom is 0.259 e. The zero-order valence-corrected chi connectivity index (χ0v) is 21.4. The van der Waals surface area contributed by atoms with Crippen molar-refractivity contribution in [2.24, 2.45) is 5.92 Å². The monoisotopic (exact) mass is 507 g/mol. The van der Waals surface area contributed by atoms with E-state index in [2.05, 4.69) is 12.1 Å². The number of ether oxygens (including phenoxy) is 2. The van der Waals surface area contributed by atoms with Gasteiger partial charge in [0, 0.05) is 11.3 Å². The van der Waals surface area contributed by atoms with E-state index < -0.39 is 17.5 Å². The highest BCUT2D eigenvalue weighted by atomic mass is 32.1. The van der Waals surface area contributed by atoms with Gasteiger partial charge in [0.1, 0.15) is 11.6 Å². The zero-order valence-electron chi connectivity index (χ0n) is 20.6. The molecule has 3 aromatic carbocycles. The summed E-state index contributed by atoms with van der Waals surface area (Å²) in [6.45, 7) is 7.33. The second-order valence-electron chi connectivity index (χ2n) is 8.39. The topological polar surface area (TPSA) is 38.8 Å². The van der Waals surface area contributed by atoms with Gasteiger partial charge in [0.25, 0.3) is 5.91 Å². The van der Waals surface area contributed by atoms with Gasteiger partial charge in [-0.05, 0) is 92.9 Å². The van der Waals surface area contributed by atoms with Gasteiger partial charge in [-0.3, -0.25) is 9.69 Å². The van der Waals surface area contributed by atoms with Crippen molar-refractivity contribution in [2.75, 3.05) is 11.5 Å². The first kappa shape index (κ1) is 26.8. The van der Waals surface area contributed by atoms with Gasteiger partial charge < -0.3 is 9.47 Å². The van der Waals surface area contributed by atoms with E-state index in [1.54, 1.807) is 56.3 Å². The second-order valence-corrected chi connectivity index (χ2v) is 8.98. The number of amides is 1. The fourth-order valence-electron chi connectivity index (χ4n) is 3.57. The maximum atomic E-state index is 14.8. The summed E-state index contributed by atoms with van der Waals surface area (Å²) in [5.41, 5.74) is 0.680. The van der Waals surface area contributed by atoms with E-state index in [9.17, 15) is 13.6 Å². The molecule has 0 N–H and O–H groups in total. The predicted molar refractivity (Wildman–Crippen MR) is 141 cm³/mol. The van der Waals surface area contributed by atoms with Gasteiger partial charge in [-0.1, -0.05) is 32.1 Å². The summed E-state index contributed by atoms with van der Waals surface area (Å²) in [7, 11) is 0. The van der Waals surface area contributed by atoms with Crippen LogP contribution in [0.3, 0.4) is 0 Å². The Balaban J connectivity index is 1.99. The molecular weight excluding hydrogens is 480 g/mol. The van der Waals surface area contributed by atoms with Gasteiger partial charge in [0.15, 0.2) is 17.3 Å². The van der Waals surface area contributed by atoms with Crippen molar-refractivity contribution in [2.45, 2.75) is 34.1 Å². The van der Waals surface area contributed by atoms with Crippen LogP contribution < -0.4 is 14.4 Å². The molecule has 0 bridgehead atoms. The van der Waals surface area contributed by atoms with Crippen molar-refractivity contribution in [3.05, 3.63) is 89.5 Å². The van der Waals surface area contributed by atoms with Crippen LogP contribution in [-0.2, 0) is 4.79 Å². The molecule has 0 spiro atoms. The number of hydrogen-bond donors (Lipinski definition) is 0. The number of carbonyl (C=O) groups excluding carboxylic acids is 1. The molecule has 0 unspecified atom stereocenters. The molecule has 36 heavy (non-hydrogen) atoms. The summed E-state index contributed by atoms with van der Waals surface area (Å²) in [4.78, 5) is 15.4. The number of benzene rings is 2. The minimum absolute atomic E-state index is 0.0642. The quantitative estimate of drug-likeness (QED) is 0.221. The van der Waals surface area contributed by atoms with E-state index in [0.29, 0.717) is 28.6 Å². The Labute approximate surface area is 216 Å². The predicted octanol–water partition coefficient (Wildman–Crippen LogP) is 7.57. The molecule has 1 amide bonds. The third kappa shape index (κ3) is 6.67. The van der Waals surface area contributed by atoms with E-state index in [0.717, 1.165) is 12.1 Å². The van der Waals surface area contributed by atoms with E-state index >= 15 is 0 Å². The van der Waals surface area contributed by atoms with Crippen LogP contribution in [0.1, 0.15) is 39.7 Å². The lowest BCUT2D eigenvalue weighted by Gasteiger charge is -2.24. The Morgan fingerprint density at radius 3 is 2.39 bits per heavy atom. The van der Waals surface area contributed by atoms with Crippen LogP contribution in [0.15, 0.2) is 60.2 Å². The Bertz CT molecular complexity index is 1240. The van der Waals surface area contributed by atoms with Gasteiger partial charge in [-0.15, -0.1) is 0 Å². The summed E-state index contributed by atoms with van der Waals surface area (Å²) in [6, 6.07) is 19.8. The van der Waals surface area contributed by atoms with Gasteiger partial charge in [-0.2, -0.15) is 0 Å². The van der Waals surface area contributed by atoms with Crippen molar-refractivity contribution in [3.8, 4) is 17.2 Å². The molecule has 0 aliphatic rings. The third-order valence-corrected chi connectivity index (χ3v) is 5.25. The SMILES string of the molecule is CCOc1c(F)ccc(F)c1/C=C(\CC(C)C)C(=O)N(C(C)=S)c1ccc(Oc2c#cccc2)cc1. The lowest BCUT2D eigenvalue weighted by Crippen LogP contribution is -2.35. The van der Waals surface area contributed by atoms with E-state index in [1.165, 1.54) is 11.0 Å². The number of carbonyl (C=O) groups is 1. The smallest absolute Gasteiger partial charge is 0.259 e. The van der Waals surface area contributed by atoms with Crippen LogP contribution in [0.25, 0.3) is 6.08 Å². The third-order valence-electron chi connectivity index (χ3n) is 5.07. The lowest BCUT2D eigenvalue weighted by atomic mass is 9.98. The molecular formula is C29H27F2NO3S. The first-order valence-corrected chi connectivity index (χ1v) is 11.9. The van der Waals surface area contributed by atoms with Crippen LogP contribution in [0.4, 0.5) is 14.5 Å². The molecule has 7 heteroatoms. The van der Waals surface area contributed by atoms with Crippen molar-refractivity contribution in [1.29, 1.82) is 0 Å². The summed E-state index contributed by atoms with van der Waals surface area (Å²) in [6.07, 6.45) is 1.68. The average molecular weight is 508 g/mol. The highest BCUT2D eigenvalue weighted by Gasteiger charge is 2.24. The second kappa shape index (κ2) is 12.3. The Morgan fingerprint density at radius 1 is 1.11 bits per heavy atom. The molecule has 0 aliphatic heterocycles. The number of rotatable bonds is 9. The highest BCUT2D eigenvalue weighted by Crippen LogP contribution is 2.31. The summed E-state index contributed by atoms with van der Waals surface area (Å²) in [5.74, 6) is -0.924. The molecule has 0 atom stereocenters. The van der Waals surface area contributed by atoms with Crippen molar-refractivity contribution in [3.63, 3.8) is 0 Å². The van der Waals surface area contributed by atoms with E-state index in [4.69, 9.17) is 21.7 Å².